The van der Waals surface area contributed by atoms with Gasteiger partial charge < -0.3 is 129 Å². The number of ether oxygens (including phenoxy) is 10. The molecule has 3 unspecified atom stereocenters. The molecule has 16 N–H and O–H groups in total. The molecule has 0 spiro atoms. The van der Waals surface area contributed by atoms with Crippen molar-refractivity contribution < 1.29 is 134 Å². The highest BCUT2D eigenvalue weighted by Crippen LogP contribution is 2.76. The van der Waals surface area contributed by atoms with Crippen molar-refractivity contribution >= 4 is 5.97 Å². The van der Waals surface area contributed by atoms with Crippen molar-refractivity contribution in [3.8, 4) is 0 Å². The molecule has 10 rings (SSSR count). The van der Waals surface area contributed by atoms with E-state index in [4.69, 9.17) is 47.4 Å². The number of hydrogen-bond acceptors (Lipinski definition) is 27. The molecule has 488 valence electrons. The number of hydrogen-bond donors (Lipinski definition) is 16. The molecule has 27 nitrogen and oxygen atoms in total. The van der Waals surface area contributed by atoms with Crippen LogP contribution in [0.1, 0.15) is 106 Å². The van der Waals surface area contributed by atoms with E-state index in [9.17, 15) is 86.5 Å². The van der Waals surface area contributed by atoms with Crippen LogP contribution in [-0.4, -0.2) is 274 Å². The smallest absolute Gasteiger partial charge is 0.314 e. The largest absolute Gasteiger partial charge is 0.432 e. The van der Waals surface area contributed by atoms with Crippen LogP contribution in [0, 0.1) is 50.2 Å². The molecule has 5 aliphatic heterocycles. The van der Waals surface area contributed by atoms with Crippen molar-refractivity contribution in [3.63, 3.8) is 0 Å². The van der Waals surface area contributed by atoms with Gasteiger partial charge in [-0.2, -0.15) is 0 Å². The SMILES string of the molecule is C[C@@H]1O[C@@H](O[C@H]2[C@H](O[C@H]3CO[C@@H](O[C@H]4CC[C@@]5(C)C(CC[C@]6(C)C5CC=C5C7C[C@@](C)(C(=O)O[C@@H]8OC[C@H](O)[C@H](O)[C@H]8O)CC[C@]7(CO)[C@H](O)C[C@]56C)C4(C)C)[C@H](O[C@@H]4O[C@H](CO)[C@@H](O)[C@H](O)[C@H]4O)[C@H]3O)O[C@H](CO)[C@@H](O)[C@@H]2O)[C@H](O)[C@H](O)[C@H]1O. The van der Waals surface area contributed by atoms with Gasteiger partial charge in [-0.1, -0.05) is 46.3 Å². The number of allylic oxidation sites excluding steroid dienone is 2. The fourth-order valence-electron chi connectivity index (χ4n) is 17.5. The molecule has 0 aromatic carbocycles. The van der Waals surface area contributed by atoms with E-state index >= 15 is 0 Å². The molecule has 4 saturated carbocycles. The maximum Gasteiger partial charge on any atom is 0.314 e. The van der Waals surface area contributed by atoms with E-state index in [0.717, 1.165) is 18.4 Å². The van der Waals surface area contributed by atoms with Crippen LogP contribution < -0.4 is 0 Å². The second-order valence-corrected chi connectivity index (χ2v) is 28.0. The molecular weight excluding hydrogens is 1130 g/mol. The number of aliphatic hydroxyl groups excluding tert-OH is 16. The first kappa shape index (κ1) is 66.1. The Morgan fingerprint density at radius 3 is 1.80 bits per heavy atom. The van der Waals surface area contributed by atoms with Gasteiger partial charge in [-0.25, -0.2) is 0 Å². The summed E-state index contributed by atoms with van der Waals surface area (Å²) in [5.74, 6) is -1.02. The van der Waals surface area contributed by atoms with E-state index in [2.05, 4.69) is 40.7 Å². The molecule has 5 saturated heterocycles. The van der Waals surface area contributed by atoms with E-state index in [-0.39, 0.29) is 43.3 Å². The Hall–Kier alpha value is -1.79. The zero-order chi connectivity index (χ0) is 62.0. The van der Waals surface area contributed by atoms with Gasteiger partial charge in [0, 0.05) is 5.41 Å². The normalized spacial score (nSPS) is 55.3. The lowest BCUT2D eigenvalue weighted by Crippen LogP contribution is -2.68. The lowest BCUT2D eigenvalue weighted by molar-refractivity contribution is -0.394. The molecule has 33 atom stereocenters. The number of carbonyl (C=O) groups is 1. The third-order valence-electron chi connectivity index (χ3n) is 23.1. The maximum atomic E-state index is 14.2. The maximum absolute atomic E-state index is 14.2. The molecule has 5 aliphatic carbocycles. The minimum absolute atomic E-state index is 0.000205. The van der Waals surface area contributed by atoms with Gasteiger partial charge in [0.25, 0.3) is 0 Å². The Morgan fingerprint density at radius 2 is 1.15 bits per heavy atom. The van der Waals surface area contributed by atoms with Crippen LogP contribution >= 0.6 is 0 Å². The third-order valence-corrected chi connectivity index (χ3v) is 23.1. The first-order chi connectivity index (χ1) is 39.9. The lowest BCUT2D eigenvalue weighted by atomic mass is 9.33. The van der Waals surface area contributed by atoms with Gasteiger partial charge in [0.05, 0.1) is 56.8 Å². The molecule has 10 aliphatic rings. The second-order valence-electron chi connectivity index (χ2n) is 28.0. The molecular formula is C58H94O27. The van der Waals surface area contributed by atoms with Crippen LogP contribution in [-0.2, 0) is 52.2 Å². The van der Waals surface area contributed by atoms with Crippen molar-refractivity contribution in [3.05, 3.63) is 11.6 Å². The fourth-order valence-corrected chi connectivity index (χ4v) is 17.5. The fraction of sp³-hybridized carbons (Fsp3) is 0.948. The summed E-state index contributed by atoms with van der Waals surface area (Å²) in [5.41, 5.74) is -2.96. The molecule has 5 heterocycles. The highest BCUT2D eigenvalue weighted by Gasteiger charge is 2.71. The summed E-state index contributed by atoms with van der Waals surface area (Å²) in [6.07, 6.45) is -32.9. The molecule has 0 amide bonds. The van der Waals surface area contributed by atoms with Crippen LogP contribution in [0.4, 0.5) is 0 Å². The zero-order valence-corrected chi connectivity index (χ0v) is 49.3. The Morgan fingerprint density at radius 1 is 0.565 bits per heavy atom. The molecule has 0 bridgehead atoms. The number of aliphatic hydroxyl groups is 16. The monoisotopic (exact) mass is 1220 g/mol. The molecule has 0 radical (unpaired) electrons. The van der Waals surface area contributed by atoms with E-state index in [1.54, 1.807) is 6.92 Å². The summed E-state index contributed by atoms with van der Waals surface area (Å²) >= 11 is 0. The summed E-state index contributed by atoms with van der Waals surface area (Å²) in [6, 6.07) is 0. The van der Waals surface area contributed by atoms with Crippen LogP contribution in [0.2, 0.25) is 0 Å². The van der Waals surface area contributed by atoms with Crippen LogP contribution in [0.15, 0.2) is 11.6 Å². The van der Waals surface area contributed by atoms with Gasteiger partial charge >= 0.3 is 5.97 Å². The first-order valence-corrected chi connectivity index (χ1v) is 30.3. The molecule has 85 heavy (non-hydrogen) atoms. The Bertz CT molecular complexity index is 2370. The van der Waals surface area contributed by atoms with Gasteiger partial charge in [0.15, 0.2) is 25.2 Å². The van der Waals surface area contributed by atoms with E-state index < -0.39 is 212 Å². The van der Waals surface area contributed by atoms with Gasteiger partial charge in [0.2, 0.25) is 6.29 Å². The van der Waals surface area contributed by atoms with Crippen molar-refractivity contribution in [2.24, 2.45) is 50.2 Å². The number of fused-ring (bicyclic) bond motifs is 7. The predicted molar refractivity (Wildman–Crippen MR) is 285 cm³/mol. The lowest BCUT2D eigenvalue weighted by Gasteiger charge is -2.72. The number of rotatable bonds is 13. The molecule has 9 fully saturated rings. The predicted octanol–water partition coefficient (Wildman–Crippen LogP) is -3.96. The van der Waals surface area contributed by atoms with Crippen molar-refractivity contribution in [1.82, 2.24) is 0 Å². The van der Waals surface area contributed by atoms with E-state index in [1.807, 2.05) is 0 Å². The van der Waals surface area contributed by atoms with Gasteiger partial charge in [-0.3, -0.25) is 4.79 Å². The average Bonchev–Trinajstić information content (AvgIpc) is 0.688. The van der Waals surface area contributed by atoms with Crippen molar-refractivity contribution in [1.29, 1.82) is 0 Å². The second kappa shape index (κ2) is 24.4. The van der Waals surface area contributed by atoms with Crippen LogP contribution in [0.25, 0.3) is 0 Å². The number of esters is 1. The van der Waals surface area contributed by atoms with Crippen LogP contribution in [0.3, 0.4) is 0 Å². The topological polar surface area (TPSA) is 433 Å². The average molecular weight is 1220 g/mol. The minimum Gasteiger partial charge on any atom is -0.432 e. The molecule has 0 aromatic rings. The molecule has 27 heteroatoms. The standard InChI is InChI=1S/C58H94O27/c1-23-34(64)39(69)43(73)48(78-23)84-46-41(71)37(67)28(19-60)80-51(46)81-29-21-77-50(45(38(29)68)83-49-44(74)40(70)36(66)27(18-59)79-49)82-33-11-12-55(5)30(53(33,2)3)10-13-56(6)31(55)9-8-24-25-16-54(4,14-15-58(25,22-61)32(63)17-57(24,56)7)52(75)85-47-42(72)35(65)26(62)20-76-47/h8,23,25-51,59-74H,9-22H2,1-7H3/t23-,25?,26-,27+,28+,29-,30?,31?,32+,33-,34-,35-,36+,37+,38-,39+,40-,41-,42+,43+,44+,45+,46+,47-,48-,49-,50-,51-,54-,55-,56+,57+,58+/m0/s1. The molecule has 0 aromatic heterocycles. The first-order valence-electron chi connectivity index (χ1n) is 30.3. The van der Waals surface area contributed by atoms with Crippen molar-refractivity contribution in [2.45, 2.75) is 260 Å². The quantitative estimate of drug-likeness (QED) is 0.0475. The Labute approximate surface area is 493 Å². The van der Waals surface area contributed by atoms with Crippen LogP contribution in [0.5, 0.6) is 0 Å². The summed E-state index contributed by atoms with van der Waals surface area (Å²) in [6.45, 7) is 11.5. The summed E-state index contributed by atoms with van der Waals surface area (Å²) in [7, 11) is 0. The summed E-state index contributed by atoms with van der Waals surface area (Å²) in [4.78, 5) is 14.2. The van der Waals surface area contributed by atoms with E-state index in [1.165, 1.54) is 6.92 Å². The number of carbonyl (C=O) groups excluding carboxylic acids is 1. The van der Waals surface area contributed by atoms with E-state index in [0.29, 0.717) is 32.1 Å². The van der Waals surface area contributed by atoms with Crippen molar-refractivity contribution in [2.75, 3.05) is 33.0 Å². The minimum atomic E-state index is -1.94. The van der Waals surface area contributed by atoms with Gasteiger partial charge in [-0.05, 0) is 111 Å². The third kappa shape index (κ3) is 10.9. The summed E-state index contributed by atoms with van der Waals surface area (Å²) < 4.78 is 60.2. The van der Waals surface area contributed by atoms with Gasteiger partial charge in [0.1, 0.15) is 104 Å². The van der Waals surface area contributed by atoms with Gasteiger partial charge in [-0.15, -0.1) is 0 Å². The highest BCUT2D eigenvalue weighted by atomic mass is 16.8. The summed E-state index contributed by atoms with van der Waals surface area (Å²) in [5, 5.41) is 174. The highest BCUT2D eigenvalue weighted by molar-refractivity contribution is 5.77. The Kier molecular flexibility index (Phi) is 18.9. The zero-order valence-electron chi connectivity index (χ0n) is 49.3. The Balaban J connectivity index is 0.894.